The molecule has 2 aromatic rings. The Morgan fingerprint density at radius 1 is 1.13 bits per heavy atom. The lowest BCUT2D eigenvalue weighted by Gasteiger charge is -1.97. The highest BCUT2D eigenvalue weighted by Crippen LogP contribution is 2.23. The normalized spacial score (nSPS) is 11.5. The van der Waals surface area contributed by atoms with E-state index in [4.69, 9.17) is 15.5 Å². The van der Waals surface area contributed by atoms with Crippen LogP contribution in [0.5, 0.6) is 0 Å². The largest absolute Gasteiger partial charge is 0.367 e. The van der Waals surface area contributed by atoms with Gasteiger partial charge in [-0.2, -0.15) is 13.5 Å². The van der Waals surface area contributed by atoms with Crippen LogP contribution in [0.15, 0.2) is 57.6 Å². The van der Waals surface area contributed by atoms with Crippen LogP contribution in [0.3, 0.4) is 0 Å². The van der Waals surface area contributed by atoms with Crippen molar-refractivity contribution in [3.8, 4) is 0 Å². The minimum atomic E-state index is -4.02. The first-order valence-corrected chi connectivity index (χ1v) is 9.13. The number of non-ortho nitro benzene ring substituents is 1. The average Bonchev–Trinajstić information content (AvgIpc) is 2.67. The summed E-state index contributed by atoms with van der Waals surface area (Å²) in [4.78, 5) is 19.7. The van der Waals surface area contributed by atoms with E-state index >= 15 is 0 Å². The Morgan fingerprint density at radius 2 is 1.73 bits per heavy atom. The number of hydrogen-bond donors (Lipinski definition) is 4. The molecule has 2 rings (SSSR count). The van der Waals surface area contributed by atoms with Gasteiger partial charge in [0.1, 0.15) is 0 Å². The second-order valence-corrected chi connectivity index (χ2v) is 6.81. The van der Waals surface area contributed by atoms with E-state index in [2.05, 4.69) is 10.2 Å². The minimum Gasteiger partial charge on any atom is -0.367 e. The average molecular weight is 440 g/mol. The lowest BCUT2D eigenvalue weighted by molar-refractivity contribution is -0.394. The number of hydroxylamine groups is 1. The van der Waals surface area contributed by atoms with Crippen LogP contribution in [-0.4, -0.2) is 40.2 Å². The van der Waals surface area contributed by atoms with E-state index in [1.54, 1.807) is 12.1 Å². The van der Waals surface area contributed by atoms with Gasteiger partial charge in [-0.05, 0) is 25.1 Å². The van der Waals surface area contributed by atoms with Gasteiger partial charge in [-0.25, -0.2) is 5.48 Å². The molecule has 0 fully saturated rings. The Balaban J connectivity index is 0.000000346. The first-order valence-electron chi connectivity index (χ1n) is 7.69. The summed E-state index contributed by atoms with van der Waals surface area (Å²) in [5, 5.41) is 36.2. The highest BCUT2D eigenvalue weighted by Gasteiger charge is 2.18. The maximum atomic E-state index is 10.8. The molecule has 15 heteroatoms. The number of nitro groups is 2. The summed E-state index contributed by atoms with van der Waals surface area (Å²) >= 11 is 0. The van der Waals surface area contributed by atoms with E-state index in [9.17, 15) is 28.6 Å². The summed E-state index contributed by atoms with van der Waals surface area (Å²) in [6.45, 7) is 1.84. The van der Waals surface area contributed by atoms with Gasteiger partial charge < -0.3 is 5.73 Å². The topological polar surface area (TPSA) is 224 Å². The molecule has 30 heavy (non-hydrogen) atoms. The number of nitrogens with zero attached hydrogens (tertiary/aromatic N) is 4. The molecule has 0 unspecified atom stereocenters. The maximum absolute atomic E-state index is 10.8. The Bertz CT molecular complexity index is 1080. The van der Waals surface area contributed by atoms with Crippen LogP contribution in [-0.2, 0) is 10.1 Å². The third kappa shape index (κ3) is 7.58. The first-order chi connectivity index (χ1) is 14.0. The fourth-order valence-corrected chi connectivity index (χ4v) is 2.28. The highest BCUT2D eigenvalue weighted by atomic mass is 32.2. The van der Waals surface area contributed by atoms with E-state index in [-0.39, 0.29) is 10.5 Å². The second kappa shape index (κ2) is 10.6. The molecule has 0 spiro atoms. The smallest absolute Gasteiger partial charge is 0.294 e. The fourth-order valence-electron chi connectivity index (χ4n) is 1.80. The molecule has 0 saturated carbocycles. The zero-order chi connectivity index (χ0) is 22.9. The van der Waals surface area contributed by atoms with Crippen LogP contribution in [0.2, 0.25) is 0 Å². The number of nitrogens with one attached hydrogen (secondary N) is 1. The maximum Gasteiger partial charge on any atom is 0.294 e. The van der Waals surface area contributed by atoms with Gasteiger partial charge in [-0.15, -0.1) is 5.10 Å². The fraction of sp³-hybridized carbons (Fsp3) is 0.0667. The van der Waals surface area contributed by atoms with Gasteiger partial charge in [-0.3, -0.25) is 30.0 Å². The quantitative estimate of drug-likeness (QED) is 0.172. The zero-order valence-corrected chi connectivity index (χ0v) is 16.1. The molecule has 0 aromatic heterocycles. The number of aryl methyl sites for hydroxylation is 1. The second-order valence-electron chi connectivity index (χ2n) is 5.39. The molecule has 0 saturated heterocycles. The third-order valence-electron chi connectivity index (χ3n) is 3.22. The predicted molar refractivity (Wildman–Crippen MR) is 105 cm³/mol. The number of guanidine groups is 1. The summed E-state index contributed by atoms with van der Waals surface area (Å²) in [5.41, 5.74) is 6.61. The van der Waals surface area contributed by atoms with E-state index in [1.807, 2.05) is 6.92 Å². The molecule has 14 nitrogen and oxygen atoms in total. The molecule has 2 aromatic carbocycles. The first kappa shape index (κ1) is 24.1. The van der Waals surface area contributed by atoms with Crippen LogP contribution < -0.4 is 11.2 Å². The number of nitrogens with two attached hydrogens (primary N) is 1. The van der Waals surface area contributed by atoms with Gasteiger partial charge in [0.05, 0.1) is 32.6 Å². The highest BCUT2D eigenvalue weighted by molar-refractivity contribution is 7.85. The van der Waals surface area contributed by atoms with Crippen molar-refractivity contribution < 1.29 is 28.0 Å². The molecule has 160 valence electrons. The number of benzene rings is 2. The molecule has 0 heterocycles. The summed E-state index contributed by atoms with van der Waals surface area (Å²) in [7, 11) is -4.02. The van der Waals surface area contributed by atoms with Gasteiger partial charge in [0, 0.05) is 6.07 Å². The van der Waals surface area contributed by atoms with E-state index in [1.165, 1.54) is 17.6 Å². The Hall–Kier alpha value is -3.95. The molecule has 0 atom stereocenters. The Labute approximate surface area is 169 Å². The summed E-state index contributed by atoms with van der Waals surface area (Å²) in [5.74, 6) is -0.416. The van der Waals surface area contributed by atoms with Crippen molar-refractivity contribution in [2.75, 3.05) is 0 Å². The van der Waals surface area contributed by atoms with Gasteiger partial charge in [-0.1, -0.05) is 17.7 Å². The van der Waals surface area contributed by atoms with Crippen molar-refractivity contribution in [2.24, 2.45) is 15.9 Å². The zero-order valence-electron chi connectivity index (χ0n) is 15.2. The minimum absolute atomic E-state index is 0.00471. The van der Waals surface area contributed by atoms with Crippen molar-refractivity contribution >= 4 is 33.7 Å². The third-order valence-corrected chi connectivity index (χ3v) is 4.09. The SMILES string of the molecule is Cc1ccc(S(=O)(=O)O)cc1.NC(=N/N=C/c1ccc([N+](=O)[O-])cc1[N+](=O)[O-])NO. The van der Waals surface area contributed by atoms with Gasteiger partial charge in [0.25, 0.3) is 21.5 Å². The Morgan fingerprint density at radius 3 is 2.20 bits per heavy atom. The molecule has 0 aliphatic rings. The van der Waals surface area contributed by atoms with Gasteiger partial charge in [0.15, 0.2) is 0 Å². The van der Waals surface area contributed by atoms with Crippen LogP contribution in [0.1, 0.15) is 11.1 Å². The summed E-state index contributed by atoms with van der Waals surface area (Å²) in [6, 6.07) is 9.03. The molecular weight excluding hydrogens is 424 g/mol. The number of hydrogen-bond acceptors (Lipinski definition) is 9. The van der Waals surface area contributed by atoms with Gasteiger partial charge in [0.2, 0.25) is 5.96 Å². The molecule has 0 amide bonds. The lowest BCUT2D eigenvalue weighted by Crippen LogP contribution is -2.27. The monoisotopic (exact) mass is 440 g/mol. The molecule has 0 aliphatic heterocycles. The Kier molecular flexibility index (Phi) is 8.48. The van der Waals surface area contributed by atoms with Crippen molar-refractivity contribution in [1.82, 2.24) is 5.48 Å². The number of nitro benzene ring substituents is 2. The van der Waals surface area contributed by atoms with Gasteiger partial charge >= 0.3 is 0 Å². The molecule has 0 aliphatic carbocycles. The van der Waals surface area contributed by atoms with Crippen molar-refractivity contribution in [3.05, 3.63) is 73.8 Å². The van der Waals surface area contributed by atoms with E-state index in [0.29, 0.717) is 0 Å². The standard InChI is InChI=1S/C8H8N6O5.C7H8O3S/c9-8(12-15)11-10-4-5-1-2-6(13(16)17)3-7(5)14(18)19;1-6-2-4-7(5-3-6)11(8,9)10/h1-4,15H,(H3,9,11,12);2-5H,1H3,(H,8,9,10)/b10-4+;. The molecule has 0 radical (unpaired) electrons. The lowest BCUT2D eigenvalue weighted by atomic mass is 10.2. The predicted octanol–water partition coefficient (Wildman–Crippen LogP) is 1.37. The van der Waals surface area contributed by atoms with Crippen molar-refractivity contribution in [2.45, 2.75) is 11.8 Å². The van der Waals surface area contributed by atoms with E-state index in [0.717, 1.165) is 30.0 Å². The number of rotatable bonds is 5. The van der Waals surface area contributed by atoms with Crippen LogP contribution >= 0.6 is 0 Å². The molecular formula is C15H16N6O8S. The van der Waals surface area contributed by atoms with Crippen molar-refractivity contribution in [3.63, 3.8) is 0 Å². The van der Waals surface area contributed by atoms with E-state index < -0.39 is 37.3 Å². The van der Waals surface area contributed by atoms with Crippen LogP contribution in [0.25, 0.3) is 0 Å². The van der Waals surface area contributed by atoms with Crippen LogP contribution in [0.4, 0.5) is 11.4 Å². The van der Waals surface area contributed by atoms with Crippen molar-refractivity contribution in [1.29, 1.82) is 0 Å². The molecule has 0 bridgehead atoms. The molecule has 5 N–H and O–H groups in total. The summed E-state index contributed by atoms with van der Waals surface area (Å²) < 4.78 is 29.6. The van der Waals surface area contributed by atoms with Crippen LogP contribution in [0, 0.1) is 27.2 Å². The summed E-state index contributed by atoms with van der Waals surface area (Å²) in [6.07, 6.45) is 0.978.